The molecule has 0 atom stereocenters. The van der Waals surface area contributed by atoms with Crippen molar-refractivity contribution >= 4 is 11.6 Å². The molecule has 0 unspecified atom stereocenters. The van der Waals surface area contributed by atoms with E-state index in [0.29, 0.717) is 36.1 Å². The number of hydrogen-bond donors (Lipinski definition) is 1. The molecule has 0 fully saturated rings. The van der Waals surface area contributed by atoms with Crippen molar-refractivity contribution in [3.63, 3.8) is 0 Å². The van der Waals surface area contributed by atoms with Crippen LogP contribution in [0.2, 0.25) is 5.02 Å². The SMILES string of the molecule is COc1cc(Cl)cc(CCN)c1OCc1cccc(C)n1. The molecule has 2 rings (SSSR count). The summed E-state index contributed by atoms with van der Waals surface area (Å²) in [5.74, 6) is 1.29. The first kappa shape index (κ1) is 15.6. The fourth-order valence-electron chi connectivity index (χ4n) is 2.11. The summed E-state index contributed by atoms with van der Waals surface area (Å²) in [7, 11) is 1.59. The maximum absolute atomic E-state index is 6.09. The second-order valence-electron chi connectivity index (χ2n) is 4.69. The maximum atomic E-state index is 6.09. The normalized spacial score (nSPS) is 10.5. The molecular weight excluding hydrogens is 288 g/mol. The molecule has 5 heteroatoms. The van der Waals surface area contributed by atoms with Gasteiger partial charge in [-0.15, -0.1) is 0 Å². The molecular formula is C16H19ClN2O2. The van der Waals surface area contributed by atoms with Gasteiger partial charge in [-0.1, -0.05) is 17.7 Å². The number of halogens is 1. The molecule has 0 aliphatic carbocycles. The number of pyridine rings is 1. The number of aryl methyl sites for hydroxylation is 1. The summed E-state index contributed by atoms with van der Waals surface area (Å²) in [6, 6.07) is 9.43. The molecule has 0 saturated carbocycles. The van der Waals surface area contributed by atoms with Crippen LogP contribution in [0.1, 0.15) is 17.0 Å². The van der Waals surface area contributed by atoms with Crippen LogP contribution in [0, 0.1) is 6.92 Å². The lowest BCUT2D eigenvalue weighted by Gasteiger charge is -2.15. The Morgan fingerprint density at radius 3 is 2.76 bits per heavy atom. The summed E-state index contributed by atoms with van der Waals surface area (Å²) in [4.78, 5) is 4.42. The van der Waals surface area contributed by atoms with Crippen LogP contribution in [0.3, 0.4) is 0 Å². The van der Waals surface area contributed by atoms with Crippen molar-refractivity contribution in [2.75, 3.05) is 13.7 Å². The molecule has 0 aliphatic rings. The standard InChI is InChI=1S/C16H19ClN2O2/c1-11-4-3-5-14(19-11)10-21-16-12(6-7-18)8-13(17)9-15(16)20-2/h3-5,8-9H,6-7,10,18H2,1-2H3. The van der Waals surface area contributed by atoms with Crippen LogP contribution in [-0.4, -0.2) is 18.6 Å². The number of ether oxygens (including phenoxy) is 2. The van der Waals surface area contributed by atoms with Crippen LogP contribution < -0.4 is 15.2 Å². The minimum atomic E-state index is 0.372. The first-order chi connectivity index (χ1) is 10.1. The second-order valence-corrected chi connectivity index (χ2v) is 5.13. The van der Waals surface area contributed by atoms with E-state index in [-0.39, 0.29) is 0 Å². The van der Waals surface area contributed by atoms with Gasteiger partial charge in [0.25, 0.3) is 0 Å². The molecule has 1 aromatic carbocycles. The van der Waals surface area contributed by atoms with Gasteiger partial charge in [0.05, 0.1) is 12.8 Å². The highest BCUT2D eigenvalue weighted by atomic mass is 35.5. The van der Waals surface area contributed by atoms with Crippen molar-refractivity contribution in [1.82, 2.24) is 4.98 Å². The first-order valence-corrected chi connectivity index (χ1v) is 7.13. The highest BCUT2D eigenvalue weighted by Crippen LogP contribution is 2.35. The van der Waals surface area contributed by atoms with Crippen molar-refractivity contribution in [3.05, 3.63) is 52.3 Å². The predicted molar refractivity (Wildman–Crippen MR) is 84.1 cm³/mol. The third-order valence-corrected chi connectivity index (χ3v) is 3.26. The van der Waals surface area contributed by atoms with Gasteiger partial charge in [-0.3, -0.25) is 4.98 Å². The molecule has 0 aliphatic heterocycles. The van der Waals surface area contributed by atoms with E-state index in [4.69, 9.17) is 26.8 Å². The fourth-order valence-corrected chi connectivity index (χ4v) is 2.34. The van der Waals surface area contributed by atoms with Crippen LogP contribution in [-0.2, 0) is 13.0 Å². The maximum Gasteiger partial charge on any atom is 0.165 e. The highest BCUT2D eigenvalue weighted by molar-refractivity contribution is 6.30. The van der Waals surface area contributed by atoms with Crippen molar-refractivity contribution in [3.8, 4) is 11.5 Å². The lowest BCUT2D eigenvalue weighted by molar-refractivity contribution is 0.277. The Balaban J connectivity index is 2.25. The van der Waals surface area contributed by atoms with E-state index >= 15 is 0 Å². The number of nitrogens with two attached hydrogens (primary N) is 1. The Hall–Kier alpha value is -1.78. The van der Waals surface area contributed by atoms with Gasteiger partial charge in [0.15, 0.2) is 11.5 Å². The van der Waals surface area contributed by atoms with Crippen molar-refractivity contribution in [1.29, 1.82) is 0 Å². The molecule has 0 bridgehead atoms. The van der Waals surface area contributed by atoms with Crippen LogP contribution in [0.25, 0.3) is 0 Å². The van der Waals surface area contributed by atoms with Crippen LogP contribution in [0.15, 0.2) is 30.3 Å². The van der Waals surface area contributed by atoms with Gasteiger partial charge in [-0.25, -0.2) is 0 Å². The van der Waals surface area contributed by atoms with Crippen LogP contribution >= 0.6 is 11.6 Å². The molecule has 2 N–H and O–H groups in total. The van der Waals surface area contributed by atoms with Gasteiger partial charge in [-0.2, -0.15) is 0 Å². The summed E-state index contributed by atoms with van der Waals surface area (Å²) in [5, 5.41) is 0.608. The van der Waals surface area contributed by atoms with E-state index in [0.717, 1.165) is 17.0 Å². The number of benzene rings is 1. The molecule has 1 aromatic heterocycles. The van der Waals surface area contributed by atoms with Crippen molar-refractivity contribution < 1.29 is 9.47 Å². The molecule has 1 heterocycles. The first-order valence-electron chi connectivity index (χ1n) is 6.76. The van der Waals surface area contributed by atoms with Crippen molar-refractivity contribution in [2.45, 2.75) is 20.0 Å². The lowest BCUT2D eigenvalue weighted by Crippen LogP contribution is -2.07. The van der Waals surface area contributed by atoms with Gasteiger partial charge in [0, 0.05) is 22.3 Å². The third kappa shape index (κ3) is 4.09. The molecule has 0 saturated heterocycles. The topological polar surface area (TPSA) is 57.4 Å². The molecule has 2 aromatic rings. The number of rotatable bonds is 6. The Kier molecular flexibility index (Phi) is 5.42. The zero-order valence-electron chi connectivity index (χ0n) is 12.2. The van der Waals surface area contributed by atoms with Crippen LogP contribution in [0.5, 0.6) is 11.5 Å². The summed E-state index contributed by atoms with van der Waals surface area (Å²) >= 11 is 6.09. The average Bonchev–Trinajstić information content (AvgIpc) is 2.46. The Labute approximate surface area is 129 Å². The molecule has 4 nitrogen and oxygen atoms in total. The molecule has 0 radical (unpaired) electrons. The molecule has 0 amide bonds. The van der Waals surface area contributed by atoms with E-state index in [2.05, 4.69) is 4.98 Å². The van der Waals surface area contributed by atoms with E-state index in [1.165, 1.54) is 0 Å². The summed E-state index contributed by atoms with van der Waals surface area (Å²) in [6.07, 6.45) is 0.674. The number of nitrogens with zero attached hydrogens (tertiary/aromatic N) is 1. The molecule has 21 heavy (non-hydrogen) atoms. The van der Waals surface area contributed by atoms with Gasteiger partial charge >= 0.3 is 0 Å². The largest absolute Gasteiger partial charge is 0.493 e. The van der Waals surface area contributed by atoms with Gasteiger partial charge < -0.3 is 15.2 Å². The fraction of sp³-hybridized carbons (Fsp3) is 0.312. The zero-order valence-corrected chi connectivity index (χ0v) is 13.0. The van der Waals surface area contributed by atoms with E-state index < -0.39 is 0 Å². The number of aromatic nitrogens is 1. The van der Waals surface area contributed by atoms with Gasteiger partial charge in [0.2, 0.25) is 0 Å². The average molecular weight is 307 g/mol. The minimum Gasteiger partial charge on any atom is -0.493 e. The summed E-state index contributed by atoms with van der Waals surface area (Å²) in [5.41, 5.74) is 8.41. The van der Waals surface area contributed by atoms with Crippen molar-refractivity contribution in [2.24, 2.45) is 5.73 Å². The van der Waals surface area contributed by atoms with Gasteiger partial charge in [-0.05, 0) is 38.1 Å². The number of hydrogen-bond acceptors (Lipinski definition) is 4. The van der Waals surface area contributed by atoms with E-state index in [1.807, 2.05) is 31.2 Å². The highest BCUT2D eigenvalue weighted by Gasteiger charge is 2.13. The van der Waals surface area contributed by atoms with E-state index in [9.17, 15) is 0 Å². The second kappa shape index (κ2) is 7.29. The summed E-state index contributed by atoms with van der Waals surface area (Å²) in [6.45, 7) is 2.84. The molecule has 112 valence electrons. The van der Waals surface area contributed by atoms with Crippen LogP contribution in [0.4, 0.5) is 0 Å². The smallest absolute Gasteiger partial charge is 0.165 e. The summed E-state index contributed by atoms with van der Waals surface area (Å²) < 4.78 is 11.3. The number of methoxy groups -OCH3 is 1. The molecule has 0 spiro atoms. The Morgan fingerprint density at radius 1 is 1.29 bits per heavy atom. The minimum absolute atomic E-state index is 0.372. The lowest BCUT2D eigenvalue weighted by atomic mass is 10.1. The predicted octanol–water partition coefficient (Wildman–Crippen LogP) is 3.13. The zero-order chi connectivity index (χ0) is 15.2. The monoisotopic (exact) mass is 306 g/mol. The van der Waals surface area contributed by atoms with Gasteiger partial charge in [0.1, 0.15) is 6.61 Å². The van der Waals surface area contributed by atoms with E-state index in [1.54, 1.807) is 13.2 Å². The quantitative estimate of drug-likeness (QED) is 0.891. The third-order valence-electron chi connectivity index (χ3n) is 3.04. The Bertz CT molecular complexity index is 617. The Morgan fingerprint density at radius 2 is 2.10 bits per heavy atom.